The van der Waals surface area contributed by atoms with Gasteiger partial charge in [-0.05, 0) is 30.2 Å². The molecule has 4 heteroatoms. The minimum atomic E-state index is 0.0153. The highest BCUT2D eigenvalue weighted by Gasteiger charge is 2.27. The van der Waals surface area contributed by atoms with Crippen LogP contribution in [0, 0.1) is 0 Å². The summed E-state index contributed by atoms with van der Waals surface area (Å²) in [6.45, 7) is 0.680. The normalized spacial score (nSPS) is 13.0. The van der Waals surface area contributed by atoms with Gasteiger partial charge in [0.15, 0.2) is 11.5 Å². The monoisotopic (exact) mass is 283 g/mol. The molecule has 4 nitrogen and oxygen atoms in total. The van der Waals surface area contributed by atoms with Crippen LogP contribution in [0.1, 0.15) is 15.9 Å². The highest BCUT2D eigenvalue weighted by molar-refractivity contribution is 6.07. The highest BCUT2D eigenvalue weighted by Crippen LogP contribution is 2.39. The average Bonchev–Trinajstić information content (AvgIpc) is 2.96. The molecule has 0 bridgehead atoms. The fourth-order valence-corrected chi connectivity index (χ4v) is 2.66. The second-order valence-corrected chi connectivity index (χ2v) is 4.91. The van der Waals surface area contributed by atoms with Crippen molar-refractivity contribution in [2.24, 2.45) is 0 Å². The summed E-state index contributed by atoms with van der Waals surface area (Å²) in [5.74, 6) is 1.36. The molecule has 0 aromatic heterocycles. The molecule has 0 spiro atoms. The van der Waals surface area contributed by atoms with E-state index in [2.05, 4.69) is 0 Å². The molecule has 0 aliphatic carbocycles. The molecule has 0 N–H and O–H groups in total. The summed E-state index contributed by atoms with van der Waals surface area (Å²) >= 11 is 0. The van der Waals surface area contributed by atoms with Gasteiger partial charge in [-0.3, -0.25) is 4.79 Å². The summed E-state index contributed by atoms with van der Waals surface area (Å²) in [4.78, 5) is 14.4. The molecule has 0 radical (unpaired) electrons. The van der Waals surface area contributed by atoms with E-state index >= 15 is 0 Å². The van der Waals surface area contributed by atoms with Gasteiger partial charge in [0, 0.05) is 18.2 Å². The van der Waals surface area contributed by atoms with E-state index in [-0.39, 0.29) is 5.91 Å². The van der Waals surface area contributed by atoms with Crippen LogP contribution in [-0.4, -0.2) is 26.7 Å². The molecule has 108 valence electrons. The number of carbonyl (C=O) groups is 1. The Morgan fingerprint density at radius 3 is 2.38 bits per heavy atom. The van der Waals surface area contributed by atoms with Gasteiger partial charge in [0.1, 0.15) is 0 Å². The van der Waals surface area contributed by atoms with Crippen LogP contribution >= 0.6 is 0 Å². The molecule has 1 heterocycles. The van der Waals surface area contributed by atoms with Gasteiger partial charge in [-0.2, -0.15) is 0 Å². The Kier molecular flexibility index (Phi) is 3.52. The largest absolute Gasteiger partial charge is 0.493 e. The lowest BCUT2D eigenvalue weighted by Crippen LogP contribution is -2.28. The summed E-state index contributed by atoms with van der Waals surface area (Å²) in [7, 11) is 3.22. The standard InChI is InChI=1S/C17H17NO3/c1-20-15-10-13-8-9-18(14(13)11-16(15)21-2)17(19)12-6-4-3-5-7-12/h3-7,10-11H,8-9H2,1-2H3. The number of amides is 1. The third kappa shape index (κ3) is 2.33. The quantitative estimate of drug-likeness (QED) is 0.869. The molecule has 0 fully saturated rings. The second kappa shape index (κ2) is 5.48. The number of fused-ring (bicyclic) bond motifs is 1. The average molecular weight is 283 g/mol. The van der Waals surface area contributed by atoms with Gasteiger partial charge >= 0.3 is 0 Å². The number of nitrogens with zero attached hydrogens (tertiary/aromatic N) is 1. The third-order valence-corrected chi connectivity index (χ3v) is 3.75. The van der Waals surface area contributed by atoms with Crippen LogP contribution in [0.4, 0.5) is 5.69 Å². The first-order valence-corrected chi connectivity index (χ1v) is 6.86. The first-order chi connectivity index (χ1) is 10.2. The number of hydrogen-bond acceptors (Lipinski definition) is 3. The minimum Gasteiger partial charge on any atom is -0.493 e. The lowest BCUT2D eigenvalue weighted by atomic mass is 10.1. The topological polar surface area (TPSA) is 38.8 Å². The van der Waals surface area contributed by atoms with E-state index in [0.717, 1.165) is 17.7 Å². The van der Waals surface area contributed by atoms with Gasteiger partial charge in [0.2, 0.25) is 0 Å². The van der Waals surface area contributed by atoms with Gasteiger partial charge < -0.3 is 14.4 Å². The maximum Gasteiger partial charge on any atom is 0.258 e. The van der Waals surface area contributed by atoms with Gasteiger partial charge in [0.05, 0.1) is 19.9 Å². The Labute approximate surface area is 123 Å². The lowest BCUT2D eigenvalue weighted by molar-refractivity contribution is 0.0989. The van der Waals surface area contributed by atoms with Crippen molar-refractivity contribution in [2.75, 3.05) is 25.7 Å². The number of rotatable bonds is 3. The number of anilines is 1. The van der Waals surface area contributed by atoms with Crippen LogP contribution in [0.3, 0.4) is 0 Å². The van der Waals surface area contributed by atoms with Crippen molar-refractivity contribution in [2.45, 2.75) is 6.42 Å². The molecule has 2 aromatic rings. The maximum absolute atomic E-state index is 12.6. The van der Waals surface area contributed by atoms with Crippen LogP contribution in [0.25, 0.3) is 0 Å². The summed E-state index contributed by atoms with van der Waals surface area (Å²) in [6.07, 6.45) is 0.828. The van der Waals surface area contributed by atoms with Crippen LogP contribution in [0.2, 0.25) is 0 Å². The smallest absolute Gasteiger partial charge is 0.258 e. The summed E-state index contributed by atoms with van der Waals surface area (Å²) in [5, 5.41) is 0. The zero-order valence-corrected chi connectivity index (χ0v) is 12.1. The van der Waals surface area contributed by atoms with Crippen molar-refractivity contribution in [3.05, 3.63) is 53.6 Å². The van der Waals surface area contributed by atoms with Crippen LogP contribution in [0.5, 0.6) is 11.5 Å². The molecule has 1 aliphatic heterocycles. The van der Waals surface area contributed by atoms with Crippen LogP contribution < -0.4 is 14.4 Å². The number of carbonyl (C=O) groups excluding carboxylic acids is 1. The SMILES string of the molecule is COc1cc2c(cc1OC)N(C(=O)c1ccccc1)CC2. The van der Waals surface area contributed by atoms with E-state index in [9.17, 15) is 4.79 Å². The molecule has 1 aliphatic rings. The Balaban J connectivity index is 1.98. The van der Waals surface area contributed by atoms with Crippen molar-refractivity contribution in [3.8, 4) is 11.5 Å². The van der Waals surface area contributed by atoms with Crippen LogP contribution in [-0.2, 0) is 6.42 Å². The number of benzene rings is 2. The molecule has 0 atom stereocenters. The third-order valence-electron chi connectivity index (χ3n) is 3.75. The number of ether oxygens (including phenoxy) is 2. The van der Waals surface area contributed by atoms with Gasteiger partial charge in [-0.1, -0.05) is 18.2 Å². The van der Waals surface area contributed by atoms with E-state index in [0.29, 0.717) is 23.6 Å². The molecule has 2 aromatic carbocycles. The van der Waals surface area contributed by atoms with Gasteiger partial charge in [-0.25, -0.2) is 0 Å². The predicted octanol–water partition coefficient (Wildman–Crippen LogP) is 2.91. The first-order valence-electron chi connectivity index (χ1n) is 6.86. The Morgan fingerprint density at radius 1 is 1.05 bits per heavy atom. The van der Waals surface area contributed by atoms with Gasteiger partial charge in [-0.15, -0.1) is 0 Å². The van der Waals surface area contributed by atoms with E-state index in [1.807, 2.05) is 42.5 Å². The zero-order valence-electron chi connectivity index (χ0n) is 12.1. The minimum absolute atomic E-state index is 0.0153. The van der Waals surface area contributed by atoms with Crippen LogP contribution in [0.15, 0.2) is 42.5 Å². The number of methoxy groups -OCH3 is 2. The van der Waals surface area contributed by atoms with Crippen molar-refractivity contribution < 1.29 is 14.3 Å². The van der Waals surface area contributed by atoms with Gasteiger partial charge in [0.25, 0.3) is 5.91 Å². The molecule has 1 amide bonds. The fourth-order valence-electron chi connectivity index (χ4n) is 2.66. The Hall–Kier alpha value is -2.49. The Bertz CT molecular complexity index is 667. The fraction of sp³-hybridized carbons (Fsp3) is 0.235. The molecular weight excluding hydrogens is 266 g/mol. The molecule has 0 unspecified atom stereocenters. The lowest BCUT2D eigenvalue weighted by Gasteiger charge is -2.18. The highest BCUT2D eigenvalue weighted by atomic mass is 16.5. The molecule has 0 saturated heterocycles. The predicted molar refractivity (Wildman–Crippen MR) is 81.4 cm³/mol. The summed E-state index contributed by atoms with van der Waals surface area (Å²) in [5.41, 5.74) is 2.71. The van der Waals surface area contributed by atoms with E-state index in [4.69, 9.17) is 9.47 Å². The summed E-state index contributed by atoms with van der Waals surface area (Å²) < 4.78 is 10.6. The van der Waals surface area contributed by atoms with E-state index < -0.39 is 0 Å². The van der Waals surface area contributed by atoms with Crippen molar-refractivity contribution in [3.63, 3.8) is 0 Å². The van der Waals surface area contributed by atoms with E-state index in [1.165, 1.54) is 0 Å². The van der Waals surface area contributed by atoms with Crippen molar-refractivity contribution in [1.82, 2.24) is 0 Å². The molecular formula is C17H17NO3. The van der Waals surface area contributed by atoms with Crippen molar-refractivity contribution >= 4 is 11.6 Å². The summed E-state index contributed by atoms with van der Waals surface area (Å²) in [6, 6.07) is 13.1. The van der Waals surface area contributed by atoms with E-state index in [1.54, 1.807) is 19.1 Å². The maximum atomic E-state index is 12.6. The van der Waals surface area contributed by atoms with Crippen molar-refractivity contribution in [1.29, 1.82) is 0 Å². The molecule has 3 rings (SSSR count). The second-order valence-electron chi connectivity index (χ2n) is 4.91. The zero-order chi connectivity index (χ0) is 14.8. The Morgan fingerprint density at radius 2 is 1.71 bits per heavy atom. The molecule has 21 heavy (non-hydrogen) atoms. The molecule has 0 saturated carbocycles. The number of hydrogen-bond donors (Lipinski definition) is 0. The first kappa shape index (κ1) is 13.5.